The van der Waals surface area contributed by atoms with E-state index in [9.17, 15) is 9.18 Å². The molecule has 0 fully saturated rings. The van der Waals surface area contributed by atoms with Crippen LogP contribution in [0.5, 0.6) is 0 Å². The second kappa shape index (κ2) is 4.00. The van der Waals surface area contributed by atoms with Crippen LogP contribution in [0.3, 0.4) is 0 Å². The summed E-state index contributed by atoms with van der Waals surface area (Å²) in [5.74, 6) is -0.295. The standard InChI is InChI=1S/C12H7FNO/c13-10-6-4-9(5-7-10)12-3-1-2-11(8-15)14-12/h1-7H. The highest BCUT2D eigenvalue weighted by Crippen LogP contribution is 2.16. The van der Waals surface area contributed by atoms with E-state index in [1.54, 1.807) is 36.6 Å². The first-order chi connectivity index (χ1) is 7.29. The van der Waals surface area contributed by atoms with Crippen LogP contribution in [0.15, 0.2) is 42.5 Å². The number of aromatic nitrogens is 1. The van der Waals surface area contributed by atoms with E-state index in [-0.39, 0.29) is 11.5 Å². The number of pyridine rings is 1. The predicted octanol–water partition coefficient (Wildman–Crippen LogP) is 2.35. The molecule has 0 amide bonds. The van der Waals surface area contributed by atoms with Crippen molar-refractivity contribution in [3.8, 4) is 11.3 Å². The first-order valence-electron chi connectivity index (χ1n) is 4.41. The molecule has 0 unspecified atom stereocenters. The fourth-order valence-electron chi connectivity index (χ4n) is 1.27. The third kappa shape index (κ3) is 2.07. The van der Waals surface area contributed by atoms with Gasteiger partial charge in [-0.2, -0.15) is 0 Å². The molecular formula is C12H7FNO. The highest BCUT2D eigenvalue weighted by Gasteiger charge is 2.00. The molecule has 0 saturated heterocycles. The smallest absolute Gasteiger partial charge is 0.253 e. The molecule has 0 spiro atoms. The largest absolute Gasteiger partial charge is 0.283 e. The Morgan fingerprint density at radius 1 is 1.07 bits per heavy atom. The minimum atomic E-state index is -0.295. The Bertz CT molecular complexity index is 479. The number of rotatable bonds is 2. The summed E-state index contributed by atoms with van der Waals surface area (Å²) < 4.78 is 12.7. The molecule has 2 nitrogen and oxygen atoms in total. The van der Waals surface area contributed by atoms with Gasteiger partial charge in [-0.05, 0) is 36.4 Å². The molecule has 3 heteroatoms. The first kappa shape index (κ1) is 9.52. The van der Waals surface area contributed by atoms with Gasteiger partial charge in [0.2, 0.25) is 0 Å². The van der Waals surface area contributed by atoms with Crippen LogP contribution >= 0.6 is 0 Å². The molecule has 0 bridgehead atoms. The molecule has 0 aliphatic carbocycles. The Balaban J connectivity index is 2.44. The van der Waals surface area contributed by atoms with Gasteiger partial charge in [0.05, 0.1) is 5.69 Å². The van der Waals surface area contributed by atoms with Crippen LogP contribution < -0.4 is 0 Å². The van der Waals surface area contributed by atoms with Gasteiger partial charge in [0.15, 0.2) is 0 Å². The average Bonchev–Trinajstić information content (AvgIpc) is 2.30. The maximum Gasteiger partial charge on any atom is 0.253 e. The molecule has 0 N–H and O–H groups in total. The van der Waals surface area contributed by atoms with E-state index in [1.165, 1.54) is 12.1 Å². The van der Waals surface area contributed by atoms with E-state index < -0.39 is 0 Å². The number of hydrogen-bond acceptors (Lipinski definition) is 2. The third-order valence-corrected chi connectivity index (χ3v) is 1.99. The lowest BCUT2D eigenvalue weighted by Crippen LogP contribution is -1.89. The van der Waals surface area contributed by atoms with Gasteiger partial charge in [0.1, 0.15) is 11.5 Å². The van der Waals surface area contributed by atoms with Gasteiger partial charge < -0.3 is 0 Å². The summed E-state index contributed by atoms with van der Waals surface area (Å²) in [4.78, 5) is 14.4. The van der Waals surface area contributed by atoms with Gasteiger partial charge in [-0.15, -0.1) is 0 Å². The minimum Gasteiger partial charge on any atom is -0.283 e. The summed E-state index contributed by atoms with van der Waals surface area (Å²) >= 11 is 0. The Labute approximate surface area is 86.4 Å². The number of halogens is 1. The van der Waals surface area contributed by atoms with Crippen molar-refractivity contribution in [2.45, 2.75) is 0 Å². The van der Waals surface area contributed by atoms with Gasteiger partial charge in [-0.3, -0.25) is 4.79 Å². The van der Waals surface area contributed by atoms with Gasteiger partial charge in [0.25, 0.3) is 6.29 Å². The van der Waals surface area contributed by atoms with Crippen LogP contribution in [0.4, 0.5) is 4.39 Å². The lowest BCUT2D eigenvalue weighted by molar-refractivity contribution is 0.561. The number of hydrogen-bond donors (Lipinski definition) is 0. The molecule has 0 atom stereocenters. The van der Waals surface area contributed by atoms with Crippen molar-refractivity contribution in [2.24, 2.45) is 0 Å². The Kier molecular flexibility index (Phi) is 2.54. The summed E-state index contributed by atoms with van der Waals surface area (Å²) in [6.45, 7) is 0. The summed E-state index contributed by atoms with van der Waals surface area (Å²) in [5.41, 5.74) is 1.65. The molecular weight excluding hydrogens is 193 g/mol. The van der Waals surface area contributed by atoms with Crippen molar-refractivity contribution in [1.82, 2.24) is 4.98 Å². The predicted molar refractivity (Wildman–Crippen MR) is 54.4 cm³/mol. The maximum atomic E-state index is 12.7. The maximum absolute atomic E-state index is 12.7. The molecule has 1 aromatic heterocycles. The molecule has 1 heterocycles. The van der Waals surface area contributed by atoms with E-state index in [2.05, 4.69) is 4.98 Å². The molecule has 2 aromatic rings. The zero-order valence-corrected chi connectivity index (χ0v) is 7.77. The number of carbonyl (C=O) groups excluding carboxylic acids is 1. The number of benzene rings is 1. The summed E-state index contributed by atoms with van der Waals surface area (Å²) in [5, 5.41) is 0. The molecule has 0 aliphatic rings. The van der Waals surface area contributed by atoms with E-state index in [0.717, 1.165) is 5.56 Å². The SMILES string of the molecule is O=[C]c1cccc(-c2ccc(F)cc2)n1. The van der Waals surface area contributed by atoms with Crippen LogP contribution in [0.25, 0.3) is 11.3 Å². The van der Waals surface area contributed by atoms with E-state index in [1.807, 2.05) is 0 Å². The Hall–Kier alpha value is -2.03. The van der Waals surface area contributed by atoms with Crippen LogP contribution in [-0.2, 0) is 4.79 Å². The van der Waals surface area contributed by atoms with Gasteiger partial charge in [-0.1, -0.05) is 6.07 Å². The number of nitrogens with zero attached hydrogens (tertiary/aromatic N) is 1. The molecule has 15 heavy (non-hydrogen) atoms. The highest BCUT2D eigenvalue weighted by molar-refractivity contribution is 5.74. The monoisotopic (exact) mass is 200 g/mol. The first-order valence-corrected chi connectivity index (χ1v) is 4.41. The molecule has 1 radical (unpaired) electrons. The lowest BCUT2D eigenvalue weighted by Gasteiger charge is -2.00. The van der Waals surface area contributed by atoms with Crippen molar-refractivity contribution < 1.29 is 9.18 Å². The van der Waals surface area contributed by atoms with Crippen molar-refractivity contribution in [1.29, 1.82) is 0 Å². The summed E-state index contributed by atoms with van der Waals surface area (Å²) in [7, 11) is 0. The van der Waals surface area contributed by atoms with Crippen molar-refractivity contribution in [3.63, 3.8) is 0 Å². The third-order valence-electron chi connectivity index (χ3n) is 1.99. The van der Waals surface area contributed by atoms with Crippen LogP contribution in [-0.4, -0.2) is 11.3 Å². The van der Waals surface area contributed by atoms with E-state index >= 15 is 0 Å². The molecule has 0 saturated carbocycles. The summed E-state index contributed by atoms with van der Waals surface area (Å²) in [6.07, 6.45) is 1.71. The lowest BCUT2D eigenvalue weighted by atomic mass is 10.1. The highest BCUT2D eigenvalue weighted by atomic mass is 19.1. The van der Waals surface area contributed by atoms with Crippen molar-refractivity contribution >= 4 is 6.29 Å². The van der Waals surface area contributed by atoms with Crippen LogP contribution in [0.2, 0.25) is 0 Å². The van der Waals surface area contributed by atoms with Crippen LogP contribution in [0.1, 0.15) is 5.69 Å². The second-order valence-corrected chi connectivity index (χ2v) is 3.02. The fourth-order valence-corrected chi connectivity index (χ4v) is 1.27. The zero-order chi connectivity index (χ0) is 10.7. The van der Waals surface area contributed by atoms with Gasteiger partial charge in [-0.25, -0.2) is 9.37 Å². The topological polar surface area (TPSA) is 30.0 Å². The average molecular weight is 200 g/mol. The van der Waals surface area contributed by atoms with Crippen molar-refractivity contribution in [3.05, 3.63) is 54.0 Å². The van der Waals surface area contributed by atoms with E-state index in [0.29, 0.717) is 5.69 Å². The van der Waals surface area contributed by atoms with E-state index in [4.69, 9.17) is 0 Å². The minimum absolute atomic E-state index is 0.247. The molecule has 2 rings (SSSR count). The van der Waals surface area contributed by atoms with Crippen molar-refractivity contribution in [2.75, 3.05) is 0 Å². The molecule has 73 valence electrons. The Morgan fingerprint density at radius 3 is 2.47 bits per heavy atom. The molecule has 1 aromatic carbocycles. The van der Waals surface area contributed by atoms with Gasteiger partial charge >= 0.3 is 0 Å². The fraction of sp³-hybridized carbons (Fsp3) is 0. The van der Waals surface area contributed by atoms with Gasteiger partial charge in [0, 0.05) is 5.56 Å². The zero-order valence-electron chi connectivity index (χ0n) is 7.77. The molecule has 0 aliphatic heterocycles. The summed E-state index contributed by atoms with van der Waals surface area (Å²) in [6, 6.07) is 11.0. The quantitative estimate of drug-likeness (QED) is 0.744. The normalized spacial score (nSPS) is 9.93. The van der Waals surface area contributed by atoms with Crippen LogP contribution in [0, 0.1) is 5.82 Å². The second-order valence-electron chi connectivity index (χ2n) is 3.02. The Morgan fingerprint density at radius 2 is 1.80 bits per heavy atom.